The fraction of sp³-hybridized carbons (Fsp3) is 0.457. The summed E-state index contributed by atoms with van der Waals surface area (Å²) in [5, 5.41) is -4.66. The molecule has 0 radical (unpaired) electrons. The zero-order chi connectivity index (χ0) is 35.0. The number of alkyl halides is 2. The van der Waals surface area contributed by atoms with Crippen LogP contribution < -0.4 is 4.74 Å². The van der Waals surface area contributed by atoms with Crippen molar-refractivity contribution in [2.24, 2.45) is 5.41 Å². The van der Waals surface area contributed by atoms with E-state index in [1.54, 1.807) is 13.8 Å². The highest BCUT2D eigenvalue weighted by atomic mass is 32.2. The van der Waals surface area contributed by atoms with Crippen LogP contribution in [0.2, 0.25) is 0 Å². The van der Waals surface area contributed by atoms with Crippen LogP contribution >= 0.6 is 0 Å². The number of hydrogen-bond donors (Lipinski definition) is 0. The molecule has 0 aromatic heterocycles. The van der Waals surface area contributed by atoms with Gasteiger partial charge in [-0.2, -0.15) is 8.78 Å². The highest BCUT2D eigenvalue weighted by Gasteiger charge is 2.40. The fourth-order valence-electron chi connectivity index (χ4n) is 4.97. The van der Waals surface area contributed by atoms with Crippen molar-refractivity contribution in [1.82, 2.24) is 0 Å². The second-order valence-corrected chi connectivity index (χ2v) is 17.3. The molecule has 1 aliphatic rings. The summed E-state index contributed by atoms with van der Waals surface area (Å²) in [4.78, 5) is 15.5. The van der Waals surface area contributed by atoms with Crippen LogP contribution in [0, 0.1) is 19.3 Å². The predicted molar refractivity (Wildman–Crippen MR) is 174 cm³/mol. The Bertz CT molecular complexity index is 1660. The Morgan fingerprint density at radius 1 is 0.894 bits per heavy atom. The third-order valence-corrected chi connectivity index (χ3v) is 10.8. The van der Waals surface area contributed by atoms with E-state index < -0.39 is 51.2 Å². The maximum atomic E-state index is 13.4. The minimum atomic E-state index is -5.93. The van der Waals surface area contributed by atoms with Gasteiger partial charge in [0.2, 0.25) is 0 Å². The van der Waals surface area contributed by atoms with Crippen molar-refractivity contribution in [3.63, 3.8) is 0 Å². The molecule has 0 bridgehead atoms. The summed E-state index contributed by atoms with van der Waals surface area (Å²) < 4.78 is 81.1. The number of rotatable bonds is 10. The van der Waals surface area contributed by atoms with Crippen molar-refractivity contribution >= 4 is 27.0 Å². The van der Waals surface area contributed by atoms with Gasteiger partial charge in [-0.05, 0) is 79.3 Å². The fourth-order valence-corrected chi connectivity index (χ4v) is 7.42. The summed E-state index contributed by atoms with van der Waals surface area (Å²) in [6, 6.07) is 20.5. The van der Waals surface area contributed by atoms with Crippen LogP contribution in [0.3, 0.4) is 0 Å². The standard InChI is InChI=1S/C35H42F2O8S2/c1-23-17-29(18-24(2)31(23)45-30(38)19-42-22-35(36,37)47(39,40)41)46(27-13-9-25(10-14-27)32(3,4)5)28-15-11-26(12-16-28)34(8)43-20-33(6,7)21-44-34/h9-18H,19-22H2,1-8H3. The summed E-state index contributed by atoms with van der Waals surface area (Å²) in [6.45, 7) is 14.6. The van der Waals surface area contributed by atoms with Gasteiger partial charge in [-0.3, -0.25) is 0 Å². The summed E-state index contributed by atoms with van der Waals surface area (Å²) in [7, 11) is -6.50. The zero-order valence-corrected chi connectivity index (χ0v) is 29.6. The molecule has 47 heavy (non-hydrogen) atoms. The summed E-state index contributed by atoms with van der Waals surface area (Å²) in [5.41, 5.74) is 3.27. The molecule has 3 aromatic rings. The van der Waals surface area contributed by atoms with Gasteiger partial charge in [-0.25, -0.2) is 13.2 Å². The Kier molecular flexibility index (Phi) is 10.7. The highest BCUT2D eigenvalue weighted by Crippen LogP contribution is 2.40. The first-order chi connectivity index (χ1) is 21.6. The Hall–Kier alpha value is -2.87. The van der Waals surface area contributed by atoms with Gasteiger partial charge < -0.3 is 23.5 Å². The monoisotopic (exact) mass is 692 g/mol. The lowest BCUT2D eigenvalue weighted by atomic mass is 9.87. The number of aryl methyl sites for hydroxylation is 2. The normalized spacial score (nSPS) is 17.3. The molecular formula is C35H42F2O8S2. The largest absolute Gasteiger partial charge is 0.743 e. The molecule has 1 atom stereocenters. The molecule has 1 fully saturated rings. The lowest BCUT2D eigenvalue weighted by Crippen LogP contribution is -2.43. The van der Waals surface area contributed by atoms with Gasteiger partial charge in [0, 0.05) is 23.1 Å². The van der Waals surface area contributed by atoms with E-state index in [9.17, 15) is 26.5 Å². The van der Waals surface area contributed by atoms with E-state index >= 15 is 0 Å². The maximum absolute atomic E-state index is 13.4. The first-order valence-electron chi connectivity index (χ1n) is 15.1. The maximum Gasteiger partial charge on any atom is 0.357 e. The summed E-state index contributed by atoms with van der Waals surface area (Å²) in [5.74, 6) is -1.64. The molecule has 1 unspecified atom stereocenters. The predicted octanol–water partition coefficient (Wildman–Crippen LogP) is 7.00. The van der Waals surface area contributed by atoms with Gasteiger partial charge in [-0.15, -0.1) is 0 Å². The number of benzene rings is 3. The van der Waals surface area contributed by atoms with Crippen LogP contribution in [0.1, 0.15) is 63.8 Å². The van der Waals surface area contributed by atoms with Crippen molar-refractivity contribution in [2.45, 2.75) is 86.5 Å². The van der Waals surface area contributed by atoms with Crippen LogP contribution in [-0.4, -0.2) is 50.6 Å². The van der Waals surface area contributed by atoms with Crippen LogP contribution in [0.25, 0.3) is 0 Å². The average Bonchev–Trinajstić information content (AvgIpc) is 2.96. The van der Waals surface area contributed by atoms with Crippen molar-refractivity contribution in [3.8, 4) is 5.75 Å². The van der Waals surface area contributed by atoms with Crippen LogP contribution in [-0.2, 0) is 51.2 Å². The number of ether oxygens (including phenoxy) is 4. The van der Waals surface area contributed by atoms with Crippen LogP contribution in [0.5, 0.6) is 5.75 Å². The van der Waals surface area contributed by atoms with Gasteiger partial charge >= 0.3 is 11.2 Å². The van der Waals surface area contributed by atoms with Gasteiger partial charge in [-0.1, -0.05) is 46.8 Å². The molecule has 256 valence electrons. The van der Waals surface area contributed by atoms with Crippen LogP contribution in [0.4, 0.5) is 8.78 Å². The SMILES string of the molecule is Cc1cc([S+](c2ccc(C(C)(C)C)cc2)c2ccc(C3(C)OCC(C)(C)CO3)cc2)cc(C)c1OC(=O)COCC(F)(F)S(=O)(=O)[O-]. The lowest BCUT2D eigenvalue weighted by Gasteiger charge is -2.41. The first kappa shape index (κ1) is 37.0. The number of carbonyl (C=O) groups is 1. The molecule has 1 heterocycles. The topological polar surface area (TPSA) is 111 Å². The van der Waals surface area contributed by atoms with E-state index in [1.807, 2.05) is 31.2 Å². The van der Waals surface area contributed by atoms with Crippen molar-refractivity contribution < 1.29 is 45.5 Å². The number of esters is 1. The molecule has 3 aromatic carbocycles. The molecule has 0 aliphatic carbocycles. The van der Waals surface area contributed by atoms with E-state index in [0.29, 0.717) is 24.3 Å². The molecule has 4 rings (SSSR count). The number of carbonyl (C=O) groups excluding carboxylic acids is 1. The van der Waals surface area contributed by atoms with Gasteiger partial charge in [0.1, 0.15) is 19.0 Å². The Morgan fingerprint density at radius 3 is 1.85 bits per heavy atom. The molecule has 0 saturated carbocycles. The van der Waals surface area contributed by atoms with E-state index in [-0.39, 0.29) is 16.6 Å². The molecule has 0 N–H and O–H groups in total. The lowest BCUT2D eigenvalue weighted by molar-refractivity contribution is -0.298. The molecular weight excluding hydrogens is 651 g/mol. The molecule has 0 amide bonds. The Morgan fingerprint density at radius 2 is 1.38 bits per heavy atom. The van der Waals surface area contributed by atoms with Gasteiger partial charge in [0.25, 0.3) is 0 Å². The van der Waals surface area contributed by atoms with E-state index in [2.05, 4.69) is 75.8 Å². The minimum absolute atomic E-state index is 0.0235. The first-order valence-corrected chi connectivity index (χ1v) is 17.7. The highest BCUT2D eigenvalue weighted by molar-refractivity contribution is 7.97. The minimum Gasteiger partial charge on any atom is -0.743 e. The van der Waals surface area contributed by atoms with Gasteiger partial charge in [0.15, 0.2) is 30.6 Å². The second-order valence-electron chi connectivity index (χ2n) is 13.7. The van der Waals surface area contributed by atoms with E-state index in [1.165, 1.54) is 5.56 Å². The van der Waals surface area contributed by atoms with E-state index in [4.69, 9.17) is 14.2 Å². The Labute approximate surface area is 278 Å². The second kappa shape index (κ2) is 13.6. The molecule has 0 spiro atoms. The van der Waals surface area contributed by atoms with Crippen molar-refractivity contribution in [1.29, 1.82) is 0 Å². The van der Waals surface area contributed by atoms with Gasteiger partial charge in [0.05, 0.1) is 24.1 Å². The molecule has 8 nitrogen and oxygen atoms in total. The molecule has 1 saturated heterocycles. The smallest absolute Gasteiger partial charge is 0.357 e. The summed E-state index contributed by atoms with van der Waals surface area (Å²) >= 11 is 0. The number of hydrogen-bond acceptors (Lipinski definition) is 8. The van der Waals surface area contributed by atoms with Crippen LogP contribution in [0.15, 0.2) is 75.4 Å². The quantitative estimate of drug-likeness (QED) is 0.0967. The van der Waals surface area contributed by atoms with Crippen molar-refractivity contribution in [3.05, 3.63) is 82.9 Å². The zero-order valence-electron chi connectivity index (χ0n) is 27.9. The molecule has 12 heteroatoms. The third-order valence-electron chi connectivity index (χ3n) is 7.79. The Balaban J connectivity index is 1.63. The average molecular weight is 693 g/mol. The van der Waals surface area contributed by atoms with E-state index in [0.717, 1.165) is 20.2 Å². The third kappa shape index (κ3) is 8.79. The summed E-state index contributed by atoms with van der Waals surface area (Å²) in [6.07, 6.45) is 0. The van der Waals surface area contributed by atoms with Crippen molar-refractivity contribution in [2.75, 3.05) is 26.4 Å². The molecule has 1 aliphatic heterocycles. The number of halogens is 2.